The van der Waals surface area contributed by atoms with Crippen LogP contribution in [-0.4, -0.2) is 10.9 Å². The molecule has 0 saturated heterocycles. The minimum absolute atomic E-state index is 0.0309. The number of carbonyl (C=O) groups is 1. The molecule has 2 aromatic carbocycles. The first-order valence-corrected chi connectivity index (χ1v) is 9.19. The monoisotopic (exact) mass is 378 g/mol. The molecule has 0 radical (unpaired) electrons. The van der Waals surface area contributed by atoms with Crippen molar-refractivity contribution in [3.05, 3.63) is 95.0 Å². The van der Waals surface area contributed by atoms with Crippen LogP contribution >= 0.6 is 11.6 Å². The summed E-state index contributed by atoms with van der Waals surface area (Å²) in [5, 5.41) is 4.74. The fourth-order valence-corrected chi connectivity index (χ4v) is 3.47. The number of nitrogens with one attached hydrogen (secondary N) is 2. The predicted molar refractivity (Wildman–Crippen MR) is 107 cm³/mol. The minimum atomic E-state index is -0.0741. The van der Waals surface area contributed by atoms with Gasteiger partial charge in [-0.15, -0.1) is 0 Å². The maximum atomic E-state index is 12.6. The van der Waals surface area contributed by atoms with E-state index in [0.717, 1.165) is 27.8 Å². The zero-order chi connectivity index (χ0) is 18.6. The summed E-state index contributed by atoms with van der Waals surface area (Å²) in [4.78, 5) is 15.9. The highest BCUT2D eigenvalue weighted by molar-refractivity contribution is 6.30. The van der Waals surface area contributed by atoms with E-state index in [4.69, 9.17) is 16.0 Å². The molecule has 0 saturated carbocycles. The van der Waals surface area contributed by atoms with Crippen LogP contribution in [0.1, 0.15) is 29.2 Å². The number of hydrogen-bond acceptors (Lipinski definition) is 2. The third kappa shape index (κ3) is 3.91. The lowest BCUT2D eigenvalue weighted by molar-refractivity contribution is -0.121. The average molecular weight is 379 g/mol. The van der Waals surface area contributed by atoms with E-state index in [0.29, 0.717) is 18.0 Å². The molecule has 4 rings (SSSR count). The van der Waals surface area contributed by atoms with Crippen LogP contribution < -0.4 is 5.32 Å². The van der Waals surface area contributed by atoms with Crippen molar-refractivity contribution in [1.82, 2.24) is 10.3 Å². The van der Waals surface area contributed by atoms with Gasteiger partial charge in [-0.1, -0.05) is 41.9 Å². The molecule has 0 fully saturated rings. The number of amides is 1. The van der Waals surface area contributed by atoms with E-state index in [1.54, 1.807) is 6.26 Å². The molecule has 2 heterocycles. The summed E-state index contributed by atoms with van der Waals surface area (Å²) >= 11 is 6.05. The van der Waals surface area contributed by atoms with Gasteiger partial charge < -0.3 is 14.7 Å². The van der Waals surface area contributed by atoms with Crippen LogP contribution in [0.3, 0.4) is 0 Å². The second kappa shape index (κ2) is 7.72. The van der Waals surface area contributed by atoms with Gasteiger partial charge in [-0.25, -0.2) is 0 Å². The number of halogens is 1. The van der Waals surface area contributed by atoms with Crippen molar-refractivity contribution in [2.75, 3.05) is 0 Å². The first-order valence-electron chi connectivity index (χ1n) is 8.81. The van der Waals surface area contributed by atoms with Crippen LogP contribution in [-0.2, 0) is 11.3 Å². The third-order valence-corrected chi connectivity index (χ3v) is 4.95. The molecular formula is C22H19ClN2O2. The Morgan fingerprint density at radius 3 is 2.67 bits per heavy atom. The molecular weight excluding hydrogens is 360 g/mol. The summed E-state index contributed by atoms with van der Waals surface area (Å²) in [5.41, 5.74) is 3.21. The van der Waals surface area contributed by atoms with Crippen LogP contribution in [0, 0.1) is 0 Å². The quantitative estimate of drug-likeness (QED) is 0.481. The first kappa shape index (κ1) is 17.4. The summed E-state index contributed by atoms with van der Waals surface area (Å²) < 4.78 is 5.28. The molecule has 0 aliphatic rings. The normalized spacial score (nSPS) is 12.2. The van der Waals surface area contributed by atoms with Gasteiger partial charge >= 0.3 is 0 Å². The predicted octanol–water partition coefficient (Wildman–Crippen LogP) is 5.25. The Morgan fingerprint density at radius 1 is 1.07 bits per heavy atom. The number of aromatic nitrogens is 1. The Labute approximate surface area is 162 Å². The van der Waals surface area contributed by atoms with E-state index in [1.165, 1.54) is 0 Å². The zero-order valence-corrected chi connectivity index (χ0v) is 15.4. The van der Waals surface area contributed by atoms with Crippen molar-refractivity contribution in [3.8, 4) is 0 Å². The van der Waals surface area contributed by atoms with Gasteiger partial charge in [0.25, 0.3) is 0 Å². The van der Waals surface area contributed by atoms with Crippen molar-refractivity contribution in [2.45, 2.75) is 18.9 Å². The molecule has 4 aromatic rings. The second-order valence-electron chi connectivity index (χ2n) is 6.45. The topological polar surface area (TPSA) is 58.0 Å². The van der Waals surface area contributed by atoms with Gasteiger partial charge in [0, 0.05) is 34.5 Å². The van der Waals surface area contributed by atoms with E-state index in [9.17, 15) is 4.79 Å². The minimum Gasteiger partial charge on any atom is -0.467 e. The number of para-hydroxylation sites is 1. The third-order valence-electron chi connectivity index (χ3n) is 4.70. The number of carbonyl (C=O) groups excluding carboxylic acids is 1. The van der Waals surface area contributed by atoms with Crippen molar-refractivity contribution in [3.63, 3.8) is 0 Å². The number of furan rings is 1. The first-order chi connectivity index (χ1) is 13.2. The summed E-state index contributed by atoms with van der Waals surface area (Å²) in [6.07, 6.45) is 3.93. The Hall–Kier alpha value is -2.98. The van der Waals surface area contributed by atoms with Gasteiger partial charge in [0.15, 0.2) is 0 Å². The van der Waals surface area contributed by atoms with Gasteiger partial charge in [0.05, 0.1) is 12.8 Å². The lowest BCUT2D eigenvalue weighted by Crippen LogP contribution is -2.24. The molecule has 1 atom stereocenters. The van der Waals surface area contributed by atoms with Crippen LogP contribution in [0.5, 0.6) is 0 Å². The van der Waals surface area contributed by atoms with E-state index in [-0.39, 0.29) is 11.8 Å². The number of fused-ring (bicyclic) bond motifs is 1. The molecule has 0 bridgehead atoms. The maximum Gasteiger partial charge on any atom is 0.221 e. The van der Waals surface area contributed by atoms with Crippen LogP contribution in [0.15, 0.2) is 77.5 Å². The summed E-state index contributed by atoms with van der Waals surface area (Å²) in [6, 6.07) is 19.5. The summed E-state index contributed by atoms with van der Waals surface area (Å²) in [6.45, 7) is 0.382. The Morgan fingerprint density at radius 2 is 1.89 bits per heavy atom. The molecule has 0 unspecified atom stereocenters. The Balaban J connectivity index is 1.62. The Kier molecular flexibility index (Phi) is 4.99. The summed E-state index contributed by atoms with van der Waals surface area (Å²) in [7, 11) is 0. The zero-order valence-electron chi connectivity index (χ0n) is 14.6. The second-order valence-corrected chi connectivity index (χ2v) is 6.89. The maximum absolute atomic E-state index is 12.6. The fraction of sp³-hybridized carbons (Fsp3) is 0.136. The van der Waals surface area contributed by atoms with Gasteiger partial charge in [0.2, 0.25) is 5.91 Å². The highest BCUT2D eigenvalue weighted by atomic mass is 35.5. The molecule has 136 valence electrons. The lowest BCUT2D eigenvalue weighted by Gasteiger charge is -2.17. The van der Waals surface area contributed by atoms with Crippen LogP contribution in [0.2, 0.25) is 5.02 Å². The number of benzene rings is 2. The molecule has 2 aromatic heterocycles. The van der Waals surface area contributed by atoms with E-state index >= 15 is 0 Å². The number of aromatic amines is 1. The lowest BCUT2D eigenvalue weighted by atomic mass is 9.88. The van der Waals surface area contributed by atoms with E-state index in [1.807, 2.05) is 60.8 Å². The number of H-pyrrole nitrogens is 1. The van der Waals surface area contributed by atoms with Crippen LogP contribution in [0.25, 0.3) is 10.9 Å². The van der Waals surface area contributed by atoms with Crippen molar-refractivity contribution >= 4 is 28.4 Å². The SMILES string of the molecule is O=C(C[C@H](c1ccc(Cl)cc1)c1c[nH]c2ccccc12)NCc1ccco1. The molecule has 0 aliphatic heterocycles. The largest absolute Gasteiger partial charge is 0.467 e. The Bertz CT molecular complexity index is 1040. The van der Waals surface area contributed by atoms with Gasteiger partial charge in [-0.05, 0) is 41.5 Å². The highest BCUT2D eigenvalue weighted by Crippen LogP contribution is 2.33. The van der Waals surface area contributed by atoms with Gasteiger partial charge in [-0.3, -0.25) is 4.79 Å². The van der Waals surface area contributed by atoms with Gasteiger partial charge in [0.1, 0.15) is 5.76 Å². The van der Waals surface area contributed by atoms with E-state index in [2.05, 4.69) is 16.4 Å². The molecule has 0 spiro atoms. The molecule has 4 nitrogen and oxygen atoms in total. The molecule has 2 N–H and O–H groups in total. The fourth-order valence-electron chi connectivity index (χ4n) is 3.34. The number of hydrogen-bond donors (Lipinski definition) is 2. The smallest absolute Gasteiger partial charge is 0.221 e. The van der Waals surface area contributed by atoms with Crippen LogP contribution in [0.4, 0.5) is 0 Å². The standard InChI is InChI=1S/C22H19ClN2O2/c23-16-9-7-15(8-10-16)19(12-22(26)25-13-17-4-3-11-27-17)20-14-24-21-6-2-1-5-18(20)21/h1-11,14,19,24H,12-13H2,(H,25,26)/t19-/m1/s1. The van der Waals surface area contributed by atoms with E-state index < -0.39 is 0 Å². The van der Waals surface area contributed by atoms with Crippen molar-refractivity contribution in [2.24, 2.45) is 0 Å². The molecule has 1 amide bonds. The molecule has 5 heteroatoms. The van der Waals surface area contributed by atoms with Crippen molar-refractivity contribution in [1.29, 1.82) is 0 Å². The van der Waals surface area contributed by atoms with Gasteiger partial charge in [-0.2, -0.15) is 0 Å². The summed E-state index contributed by atoms with van der Waals surface area (Å²) in [5.74, 6) is 0.630. The number of rotatable bonds is 6. The average Bonchev–Trinajstić information content (AvgIpc) is 3.35. The van der Waals surface area contributed by atoms with Crippen molar-refractivity contribution < 1.29 is 9.21 Å². The highest BCUT2D eigenvalue weighted by Gasteiger charge is 2.21. The molecule has 27 heavy (non-hydrogen) atoms. The molecule has 0 aliphatic carbocycles.